The van der Waals surface area contributed by atoms with Crippen molar-refractivity contribution in [2.24, 2.45) is 52.3 Å². The van der Waals surface area contributed by atoms with Crippen molar-refractivity contribution in [3.8, 4) is 0 Å². The molecule has 6 nitrogen and oxygen atoms in total. The van der Waals surface area contributed by atoms with E-state index >= 15 is 0 Å². The van der Waals surface area contributed by atoms with E-state index in [0.717, 1.165) is 145 Å². The Bertz CT molecular complexity index is 1340. The van der Waals surface area contributed by atoms with Crippen molar-refractivity contribution in [2.75, 3.05) is 39.5 Å². The van der Waals surface area contributed by atoms with Crippen molar-refractivity contribution in [3.63, 3.8) is 0 Å². The third kappa shape index (κ3) is 21.4. The van der Waals surface area contributed by atoms with Gasteiger partial charge in [-0.2, -0.15) is 0 Å². The molecule has 0 heterocycles. The highest BCUT2D eigenvalue weighted by Crippen LogP contribution is 2.67. The molecule has 0 aromatic heterocycles. The van der Waals surface area contributed by atoms with Crippen molar-refractivity contribution in [2.45, 2.75) is 299 Å². The van der Waals surface area contributed by atoms with Gasteiger partial charge in [0.1, 0.15) is 6.10 Å². The molecule has 3 fully saturated rings. The van der Waals surface area contributed by atoms with Crippen LogP contribution in [0.15, 0.2) is 11.6 Å². The van der Waals surface area contributed by atoms with Crippen LogP contribution in [-0.2, 0) is 19.0 Å². The fourth-order valence-electron chi connectivity index (χ4n) is 14.6. The summed E-state index contributed by atoms with van der Waals surface area (Å²) >= 11 is 0. The van der Waals surface area contributed by atoms with E-state index in [2.05, 4.69) is 66.4 Å². The van der Waals surface area contributed by atoms with Crippen LogP contribution in [0.25, 0.3) is 0 Å². The molecule has 9 unspecified atom stereocenters. The van der Waals surface area contributed by atoms with Crippen LogP contribution in [0, 0.1) is 52.3 Å². The maximum absolute atomic E-state index is 13.2. The second kappa shape index (κ2) is 35.3. The van der Waals surface area contributed by atoms with Crippen LogP contribution >= 0.6 is 0 Å². The van der Waals surface area contributed by atoms with Crippen molar-refractivity contribution in [1.29, 1.82) is 0 Å². The Morgan fingerprint density at radius 1 is 0.643 bits per heavy atom. The summed E-state index contributed by atoms with van der Waals surface area (Å²) in [5.41, 5.74) is 2.42. The van der Waals surface area contributed by atoms with Crippen LogP contribution in [0.3, 0.4) is 0 Å². The van der Waals surface area contributed by atoms with Crippen molar-refractivity contribution < 1.29 is 24.1 Å². The molecule has 0 aromatic rings. The fraction of sp³-hybridized carbons (Fsp3) is 0.953. The molecule has 9 atom stereocenters. The van der Waals surface area contributed by atoms with Crippen LogP contribution in [-0.4, -0.2) is 67.8 Å². The quantitative estimate of drug-likeness (QED) is 0.0284. The molecule has 0 spiro atoms. The van der Waals surface area contributed by atoms with Gasteiger partial charge >= 0.3 is 5.97 Å². The molecular formula is C64H119NO5. The first kappa shape index (κ1) is 61.6. The van der Waals surface area contributed by atoms with E-state index in [1.54, 1.807) is 5.57 Å². The number of esters is 1. The van der Waals surface area contributed by atoms with Gasteiger partial charge in [-0.05, 0) is 155 Å². The lowest BCUT2D eigenvalue weighted by Gasteiger charge is -2.58. The maximum atomic E-state index is 13.2. The Balaban J connectivity index is 1.09. The summed E-state index contributed by atoms with van der Waals surface area (Å²) < 4.78 is 19.0. The number of rotatable bonds is 42. The lowest BCUT2D eigenvalue weighted by Crippen LogP contribution is -2.51. The van der Waals surface area contributed by atoms with Gasteiger partial charge in [-0.1, -0.05) is 195 Å². The van der Waals surface area contributed by atoms with Crippen molar-refractivity contribution in [1.82, 2.24) is 4.90 Å². The van der Waals surface area contributed by atoms with E-state index in [4.69, 9.17) is 14.2 Å². The average Bonchev–Trinajstić information content (AvgIpc) is 3.71. The molecular weight excluding hydrogens is 863 g/mol. The minimum absolute atomic E-state index is 0.00466. The van der Waals surface area contributed by atoms with E-state index in [1.807, 2.05) is 0 Å². The molecule has 4 aliphatic carbocycles. The molecule has 70 heavy (non-hydrogen) atoms. The van der Waals surface area contributed by atoms with Gasteiger partial charge in [-0.25, -0.2) is 0 Å². The van der Waals surface area contributed by atoms with Crippen LogP contribution < -0.4 is 0 Å². The Morgan fingerprint density at radius 2 is 1.21 bits per heavy atom. The Labute approximate surface area is 435 Å². The standard InChI is InChI=1S/C64H119NO5/c1-9-11-13-15-17-19-21-23-31-49-68-62(69-50-32-24-22-20-18-16-14-12-10-2)34-28-26-30-46-65(47-48-66)45-29-25-27-33-61(67)70-56-41-43-63(7)55(51-56)37-38-57-59-40-39-58(64(59,8)44-42-60(57)63)54(6)36-35-53(5)52(3)4/h37,52-54,56-60,62,66H,9-36,38-51H2,1-8H3. The fourth-order valence-corrected chi connectivity index (χ4v) is 14.6. The minimum atomic E-state index is -0.0742. The van der Waals surface area contributed by atoms with Gasteiger partial charge in [0.25, 0.3) is 0 Å². The van der Waals surface area contributed by atoms with E-state index in [0.29, 0.717) is 11.8 Å². The number of carbonyl (C=O) groups is 1. The zero-order chi connectivity index (χ0) is 50.5. The third-order valence-electron chi connectivity index (χ3n) is 19.6. The number of hydrogen-bond donors (Lipinski definition) is 1. The Morgan fingerprint density at radius 3 is 1.80 bits per heavy atom. The summed E-state index contributed by atoms with van der Waals surface area (Å²) in [6.07, 6.45) is 47.3. The number of aliphatic hydroxyl groups is 1. The predicted octanol–water partition coefficient (Wildman–Crippen LogP) is 18.0. The Kier molecular flexibility index (Phi) is 31.1. The summed E-state index contributed by atoms with van der Waals surface area (Å²) in [5, 5.41) is 9.85. The second-order valence-corrected chi connectivity index (χ2v) is 25.2. The van der Waals surface area contributed by atoms with Gasteiger partial charge in [0.2, 0.25) is 0 Å². The van der Waals surface area contributed by atoms with Crippen LogP contribution in [0.5, 0.6) is 0 Å². The Hall–Kier alpha value is -0.950. The van der Waals surface area contributed by atoms with E-state index < -0.39 is 0 Å². The first-order valence-electron chi connectivity index (χ1n) is 31.4. The number of allylic oxidation sites excluding steroid dienone is 1. The molecule has 0 radical (unpaired) electrons. The summed E-state index contributed by atoms with van der Waals surface area (Å²) in [5.74, 6) is 5.87. The zero-order valence-corrected chi connectivity index (χ0v) is 48.0. The predicted molar refractivity (Wildman–Crippen MR) is 298 cm³/mol. The molecule has 0 saturated heterocycles. The lowest BCUT2D eigenvalue weighted by atomic mass is 9.47. The van der Waals surface area contributed by atoms with Crippen LogP contribution in [0.4, 0.5) is 0 Å². The van der Waals surface area contributed by atoms with E-state index in [9.17, 15) is 9.90 Å². The van der Waals surface area contributed by atoms with E-state index in [-0.39, 0.29) is 30.4 Å². The van der Waals surface area contributed by atoms with Gasteiger partial charge in [-0.3, -0.25) is 4.79 Å². The molecule has 410 valence electrons. The second-order valence-electron chi connectivity index (χ2n) is 25.2. The highest BCUT2D eigenvalue weighted by Gasteiger charge is 2.59. The molecule has 0 amide bonds. The number of nitrogens with zero attached hydrogens (tertiary/aromatic N) is 1. The van der Waals surface area contributed by atoms with Crippen molar-refractivity contribution >= 4 is 5.97 Å². The summed E-state index contributed by atoms with van der Waals surface area (Å²) in [6, 6.07) is 0. The molecule has 4 rings (SSSR count). The molecule has 0 aromatic carbocycles. The molecule has 6 heteroatoms. The highest BCUT2D eigenvalue weighted by atomic mass is 16.7. The van der Waals surface area contributed by atoms with Gasteiger partial charge in [0.05, 0.1) is 6.61 Å². The topological polar surface area (TPSA) is 68.2 Å². The first-order valence-corrected chi connectivity index (χ1v) is 31.4. The molecule has 0 aliphatic heterocycles. The molecule has 3 saturated carbocycles. The summed E-state index contributed by atoms with van der Waals surface area (Å²) in [4.78, 5) is 15.6. The number of fused-ring (bicyclic) bond motifs is 5. The van der Waals surface area contributed by atoms with Gasteiger partial charge in [0, 0.05) is 32.6 Å². The van der Waals surface area contributed by atoms with Crippen molar-refractivity contribution in [3.05, 3.63) is 11.6 Å². The normalized spacial score (nSPS) is 26.3. The zero-order valence-electron chi connectivity index (χ0n) is 48.0. The first-order chi connectivity index (χ1) is 34.0. The molecule has 1 N–H and O–H groups in total. The largest absolute Gasteiger partial charge is 0.462 e. The number of ether oxygens (including phenoxy) is 3. The van der Waals surface area contributed by atoms with Gasteiger partial charge < -0.3 is 24.2 Å². The number of aliphatic hydroxyl groups excluding tert-OH is 1. The summed E-state index contributed by atoms with van der Waals surface area (Å²) in [6.45, 7) is 24.3. The van der Waals surface area contributed by atoms with E-state index in [1.165, 1.54) is 154 Å². The SMILES string of the molecule is CCCCCCCCCCCOC(CCCCCN(CCO)CCCCCC(=O)OC1CCC2(C)C(=CCC3C2CCC2(C)C(C(C)CCC(C)C(C)C)CCC32)C1)OCCCCCCCCCCC. The number of carbonyl (C=O) groups excluding carboxylic acids is 1. The monoisotopic (exact) mass is 982 g/mol. The molecule has 0 bridgehead atoms. The lowest BCUT2D eigenvalue weighted by molar-refractivity contribution is -0.151. The summed E-state index contributed by atoms with van der Waals surface area (Å²) in [7, 11) is 0. The van der Waals surface area contributed by atoms with Gasteiger partial charge in [0.15, 0.2) is 6.29 Å². The van der Waals surface area contributed by atoms with Crippen LogP contribution in [0.1, 0.15) is 287 Å². The molecule has 4 aliphatic rings. The number of hydrogen-bond acceptors (Lipinski definition) is 6. The highest BCUT2D eigenvalue weighted by molar-refractivity contribution is 5.69. The van der Waals surface area contributed by atoms with Gasteiger partial charge in [-0.15, -0.1) is 0 Å². The average molecular weight is 983 g/mol. The number of unbranched alkanes of at least 4 members (excludes halogenated alkanes) is 20. The van der Waals surface area contributed by atoms with Crippen LogP contribution in [0.2, 0.25) is 0 Å². The third-order valence-corrected chi connectivity index (χ3v) is 19.6. The minimum Gasteiger partial charge on any atom is -0.462 e. The maximum Gasteiger partial charge on any atom is 0.306 e. The smallest absolute Gasteiger partial charge is 0.306 e.